The van der Waals surface area contributed by atoms with E-state index in [1.807, 2.05) is 22.8 Å². The van der Waals surface area contributed by atoms with E-state index in [1.54, 1.807) is 0 Å². The van der Waals surface area contributed by atoms with Crippen LogP contribution in [-0.4, -0.2) is 29.5 Å². The summed E-state index contributed by atoms with van der Waals surface area (Å²) >= 11 is 3.40. The maximum atomic E-state index is 11.5. The van der Waals surface area contributed by atoms with Crippen LogP contribution in [0, 0.1) is 5.92 Å². The highest BCUT2D eigenvalue weighted by molar-refractivity contribution is 9.10. The fraction of sp³-hybridized carbons (Fsp3) is 0.417. The van der Waals surface area contributed by atoms with Crippen LogP contribution in [0.2, 0.25) is 0 Å². The van der Waals surface area contributed by atoms with Gasteiger partial charge in [-0.2, -0.15) is 0 Å². The van der Waals surface area contributed by atoms with Gasteiger partial charge in [0.05, 0.1) is 22.5 Å². The molecule has 3 rings (SSSR count). The molecule has 0 bridgehead atoms. The third kappa shape index (κ3) is 2.49. The van der Waals surface area contributed by atoms with E-state index in [-0.39, 0.29) is 17.4 Å². The molecule has 1 aliphatic heterocycles. The molecule has 1 aromatic heterocycles. The fourth-order valence-corrected chi connectivity index (χ4v) is 4.79. The van der Waals surface area contributed by atoms with Crippen molar-refractivity contribution >= 4 is 42.7 Å². The van der Waals surface area contributed by atoms with Crippen molar-refractivity contribution in [3.63, 3.8) is 0 Å². The molecule has 19 heavy (non-hydrogen) atoms. The van der Waals surface area contributed by atoms with E-state index in [0.29, 0.717) is 18.9 Å². The average molecular weight is 344 g/mol. The number of anilines is 1. The summed E-state index contributed by atoms with van der Waals surface area (Å²) in [5.41, 5.74) is 7.71. The van der Waals surface area contributed by atoms with Crippen molar-refractivity contribution in [2.24, 2.45) is 5.92 Å². The molecule has 1 aromatic carbocycles. The first-order valence-electron chi connectivity index (χ1n) is 6.06. The van der Waals surface area contributed by atoms with E-state index in [0.717, 1.165) is 15.5 Å². The van der Waals surface area contributed by atoms with Crippen LogP contribution < -0.4 is 5.73 Å². The van der Waals surface area contributed by atoms with Gasteiger partial charge in [0.1, 0.15) is 0 Å². The number of benzene rings is 1. The predicted molar refractivity (Wildman–Crippen MR) is 78.6 cm³/mol. The van der Waals surface area contributed by atoms with Gasteiger partial charge in [0, 0.05) is 11.0 Å². The summed E-state index contributed by atoms with van der Waals surface area (Å²) in [7, 11) is -2.85. The molecule has 0 spiro atoms. The van der Waals surface area contributed by atoms with Crippen LogP contribution in [0.3, 0.4) is 0 Å². The van der Waals surface area contributed by atoms with Crippen LogP contribution in [-0.2, 0) is 16.4 Å². The number of halogens is 1. The van der Waals surface area contributed by atoms with Crippen LogP contribution in [0.25, 0.3) is 11.0 Å². The van der Waals surface area contributed by atoms with E-state index in [9.17, 15) is 8.42 Å². The molecule has 1 unspecified atom stereocenters. The summed E-state index contributed by atoms with van der Waals surface area (Å²) in [6.45, 7) is 0.614. The molecule has 0 radical (unpaired) electrons. The topological polar surface area (TPSA) is 78.0 Å². The molecule has 2 aromatic rings. The zero-order chi connectivity index (χ0) is 13.6. The minimum atomic E-state index is -2.85. The van der Waals surface area contributed by atoms with Gasteiger partial charge < -0.3 is 10.3 Å². The summed E-state index contributed by atoms with van der Waals surface area (Å²) in [4.78, 5) is 4.31. The number of nitrogen functional groups attached to an aromatic ring is 1. The van der Waals surface area contributed by atoms with Crippen LogP contribution >= 0.6 is 15.9 Å². The Balaban J connectivity index is 1.95. The minimum Gasteiger partial charge on any atom is -0.369 e. The largest absolute Gasteiger partial charge is 0.369 e. The first kappa shape index (κ1) is 12.9. The number of rotatable bonds is 2. The number of nitrogens with zero attached hydrogens (tertiary/aromatic N) is 2. The second kappa shape index (κ2) is 4.49. The number of sulfone groups is 1. The molecular weight excluding hydrogens is 330 g/mol. The first-order valence-corrected chi connectivity index (χ1v) is 8.68. The molecule has 0 amide bonds. The highest BCUT2D eigenvalue weighted by Gasteiger charge is 2.28. The third-order valence-electron chi connectivity index (χ3n) is 3.51. The summed E-state index contributed by atoms with van der Waals surface area (Å²) in [5, 5.41) is 0. The van der Waals surface area contributed by atoms with Gasteiger partial charge in [-0.25, -0.2) is 13.4 Å². The van der Waals surface area contributed by atoms with Gasteiger partial charge in [0.25, 0.3) is 0 Å². The second-order valence-corrected chi connectivity index (χ2v) is 8.13. The Hall–Kier alpha value is -1.08. The molecule has 7 heteroatoms. The molecule has 102 valence electrons. The van der Waals surface area contributed by atoms with Gasteiger partial charge in [-0.1, -0.05) is 15.9 Å². The number of nitrogens with two attached hydrogens (primary N) is 1. The van der Waals surface area contributed by atoms with Gasteiger partial charge in [-0.3, -0.25) is 0 Å². The molecular formula is C12H14BrN3O2S. The molecule has 0 aliphatic carbocycles. The predicted octanol–water partition coefficient (Wildman–Crippen LogP) is 1.82. The van der Waals surface area contributed by atoms with Gasteiger partial charge >= 0.3 is 0 Å². The van der Waals surface area contributed by atoms with E-state index in [1.165, 1.54) is 0 Å². The lowest BCUT2D eigenvalue weighted by Crippen LogP contribution is -2.14. The van der Waals surface area contributed by atoms with Gasteiger partial charge in [0.15, 0.2) is 9.84 Å². The SMILES string of the molecule is Nc1nc2cc(Br)ccc2n1CC1CCS(=O)(=O)C1. The lowest BCUT2D eigenvalue weighted by Gasteiger charge is -2.11. The molecule has 2 N–H and O–H groups in total. The van der Waals surface area contributed by atoms with Crippen molar-refractivity contribution in [2.45, 2.75) is 13.0 Å². The molecule has 0 saturated carbocycles. The average Bonchev–Trinajstić information content (AvgIpc) is 2.80. The van der Waals surface area contributed by atoms with Gasteiger partial charge in [-0.05, 0) is 30.5 Å². The van der Waals surface area contributed by atoms with E-state index < -0.39 is 9.84 Å². The Morgan fingerprint density at radius 2 is 2.26 bits per heavy atom. The molecule has 1 atom stereocenters. The smallest absolute Gasteiger partial charge is 0.201 e. The van der Waals surface area contributed by atoms with E-state index in [2.05, 4.69) is 20.9 Å². The number of aromatic nitrogens is 2. The Labute approximate surface area is 119 Å². The lowest BCUT2D eigenvalue weighted by atomic mass is 10.1. The minimum absolute atomic E-state index is 0.133. The number of hydrogen-bond acceptors (Lipinski definition) is 4. The van der Waals surface area contributed by atoms with Crippen LogP contribution in [0.4, 0.5) is 5.95 Å². The fourth-order valence-electron chi connectivity index (χ4n) is 2.59. The Bertz CT molecular complexity index is 739. The second-order valence-electron chi connectivity index (χ2n) is 4.98. The Morgan fingerprint density at radius 1 is 1.47 bits per heavy atom. The van der Waals surface area contributed by atoms with Crippen molar-refractivity contribution in [1.82, 2.24) is 9.55 Å². The maximum Gasteiger partial charge on any atom is 0.201 e. The monoisotopic (exact) mass is 343 g/mol. The standard InChI is InChI=1S/C12H14BrN3O2S/c13-9-1-2-11-10(5-9)15-12(14)16(11)6-8-3-4-19(17,18)7-8/h1-2,5,8H,3-4,6-7H2,(H2,14,15). The van der Waals surface area contributed by atoms with Crippen molar-refractivity contribution in [2.75, 3.05) is 17.2 Å². The van der Waals surface area contributed by atoms with E-state index >= 15 is 0 Å². The van der Waals surface area contributed by atoms with Crippen molar-refractivity contribution in [3.05, 3.63) is 22.7 Å². The van der Waals surface area contributed by atoms with Gasteiger partial charge in [-0.15, -0.1) is 0 Å². The number of imidazole rings is 1. The van der Waals surface area contributed by atoms with Gasteiger partial charge in [0.2, 0.25) is 5.95 Å². The van der Waals surface area contributed by atoms with Crippen LogP contribution in [0.15, 0.2) is 22.7 Å². The van der Waals surface area contributed by atoms with Crippen molar-refractivity contribution in [1.29, 1.82) is 0 Å². The summed E-state index contributed by atoms with van der Waals surface area (Å²) in [6, 6.07) is 5.80. The van der Waals surface area contributed by atoms with Crippen molar-refractivity contribution in [3.8, 4) is 0 Å². The zero-order valence-corrected chi connectivity index (χ0v) is 12.6. The maximum absolute atomic E-state index is 11.5. The number of fused-ring (bicyclic) bond motifs is 1. The quantitative estimate of drug-likeness (QED) is 0.901. The van der Waals surface area contributed by atoms with Crippen LogP contribution in [0.5, 0.6) is 0 Å². The number of hydrogen-bond donors (Lipinski definition) is 1. The molecule has 5 nitrogen and oxygen atoms in total. The summed E-state index contributed by atoms with van der Waals surface area (Å²) in [6.07, 6.45) is 0.706. The lowest BCUT2D eigenvalue weighted by molar-refractivity contribution is 0.503. The highest BCUT2D eigenvalue weighted by atomic mass is 79.9. The zero-order valence-electron chi connectivity index (χ0n) is 10.2. The molecule has 1 aliphatic rings. The van der Waals surface area contributed by atoms with E-state index in [4.69, 9.17) is 5.73 Å². The third-order valence-corrected chi connectivity index (χ3v) is 5.84. The first-order chi connectivity index (χ1) is 8.94. The Kier molecular flexibility index (Phi) is 3.05. The van der Waals surface area contributed by atoms with Crippen molar-refractivity contribution < 1.29 is 8.42 Å². The summed E-state index contributed by atoms with van der Waals surface area (Å²) < 4.78 is 25.9. The Morgan fingerprint density at radius 3 is 2.95 bits per heavy atom. The molecule has 2 heterocycles. The molecule has 1 saturated heterocycles. The van der Waals surface area contributed by atoms with Crippen LogP contribution in [0.1, 0.15) is 6.42 Å². The summed E-state index contributed by atoms with van der Waals surface area (Å²) in [5.74, 6) is 1.11. The molecule has 1 fully saturated rings. The normalized spacial score (nSPS) is 22.1. The highest BCUT2D eigenvalue weighted by Crippen LogP contribution is 2.26.